The van der Waals surface area contributed by atoms with E-state index in [1.54, 1.807) is 19.2 Å². The first kappa shape index (κ1) is 15.9. The van der Waals surface area contributed by atoms with Crippen molar-refractivity contribution in [2.45, 2.75) is 13.0 Å². The topological polar surface area (TPSA) is 80.5 Å². The third-order valence-electron chi connectivity index (χ3n) is 2.91. The number of urea groups is 1. The smallest absolute Gasteiger partial charge is 0.321 e. The van der Waals surface area contributed by atoms with Gasteiger partial charge in [-0.2, -0.15) is 4.98 Å². The lowest BCUT2D eigenvalue weighted by molar-refractivity contribution is 0.151. The monoisotopic (exact) mass is 308 g/mol. The van der Waals surface area contributed by atoms with Crippen molar-refractivity contribution >= 4 is 11.7 Å². The highest BCUT2D eigenvalue weighted by atomic mass is 19.1. The van der Waals surface area contributed by atoms with Crippen molar-refractivity contribution in [3.8, 4) is 0 Å². The number of ether oxygens (including phenoxy) is 1. The van der Waals surface area contributed by atoms with Crippen LogP contribution in [0.4, 0.5) is 14.9 Å². The SMILES string of the molecule is COCc1nc(CCN(C)C(=O)Nc2ccccc2F)no1. The first-order valence-electron chi connectivity index (χ1n) is 6.67. The van der Waals surface area contributed by atoms with Crippen LogP contribution in [0, 0.1) is 5.82 Å². The highest BCUT2D eigenvalue weighted by Crippen LogP contribution is 2.12. The largest absolute Gasteiger partial charge is 0.375 e. The lowest BCUT2D eigenvalue weighted by Gasteiger charge is -2.17. The maximum Gasteiger partial charge on any atom is 0.321 e. The van der Waals surface area contributed by atoms with Crippen LogP contribution in [0.2, 0.25) is 0 Å². The average molecular weight is 308 g/mol. The number of nitrogens with one attached hydrogen (secondary N) is 1. The summed E-state index contributed by atoms with van der Waals surface area (Å²) in [4.78, 5) is 17.5. The lowest BCUT2D eigenvalue weighted by atomic mass is 10.3. The van der Waals surface area contributed by atoms with Crippen LogP contribution in [-0.2, 0) is 17.8 Å². The second-order valence-corrected chi connectivity index (χ2v) is 4.62. The van der Waals surface area contributed by atoms with Crippen LogP contribution < -0.4 is 5.32 Å². The first-order chi connectivity index (χ1) is 10.6. The molecule has 2 rings (SSSR count). The van der Waals surface area contributed by atoms with Gasteiger partial charge in [-0.25, -0.2) is 9.18 Å². The molecule has 0 atom stereocenters. The Kier molecular flexibility index (Phi) is 5.42. The third kappa shape index (κ3) is 4.26. The summed E-state index contributed by atoms with van der Waals surface area (Å²) in [6.45, 7) is 0.614. The number of anilines is 1. The van der Waals surface area contributed by atoms with Crippen LogP contribution in [0.3, 0.4) is 0 Å². The summed E-state index contributed by atoms with van der Waals surface area (Å²) in [6, 6.07) is 5.58. The molecule has 0 spiro atoms. The van der Waals surface area contributed by atoms with Crippen LogP contribution in [-0.4, -0.2) is 41.8 Å². The zero-order valence-electron chi connectivity index (χ0n) is 12.4. The molecule has 0 radical (unpaired) electrons. The molecular formula is C14H17FN4O3. The number of likely N-dealkylation sites (N-methyl/N-ethyl adjacent to an activating group) is 1. The van der Waals surface area contributed by atoms with E-state index < -0.39 is 11.8 Å². The number of nitrogens with zero attached hydrogens (tertiary/aromatic N) is 3. The molecule has 0 bridgehead atoms. The van der Waals surface area contributed by atoms with Gasteiger partial charge in [-0.15, -0.1) is 0 Å². The molecule has 7 nitrogen and oxygen atoms in total. The minimum atomic E-state index is -0.480. The van der Waals surface area contributed by atoms with E-state index in [4.69, 9.17) is 9.26 Å². The molecule has 1 aromatic heterocycles. The van der Waals surface area contributed by atoms with E-state index in [1.807, 2.05) is 0 Å². The summed E-state index contributed by atoms with van der Waals surface area (Å²) in [5.74, 6) is 0.389. The van der Waals surface area contributed by atoms with Gasteiger partial charge >= 0.3 is 6.03 Å². The van der Waals surface area contributed by atoms with Crippen molar-refractivity contribution in [2.24, 2.45) is 0 Å². The highest BCUT2D eigenvalue weighted by molar-refractivity contribution is 5.89. The second-order valence-electron chi connectivity index (χ2n) is 4.62. The molecule has 0 aliphatic carbocycles. The Morgan fingerprint density at radius 3 is 2.95 bits per heavy atom. The number of aromatic nitrogens is 2. The van der Waals surface area contributed by atoms with Gasteiger partial charge in [0.25, 0.3) is 5.89 Å². The molecule has 8 heteroatoms. The molecule has 1 N–H and O–H groups in total. The number of methoxy groups -OCH3 is 1. The number of carbonyl (C=O) groups is 1. The standard InChI is InChI=1S/C14H17FN4O3/c1-19(8-7-12-17-13(9-21-2)22-18-12)14(20)16-11-6-4-3-5-10(11)15/h3-6H,7-9H2,1-2H3,(H,16,20). The summed E-state index contributed by atoms with van der Waals surface area (Å²) in [6.07, 6.45) is 0.425. The van der Waals surface area contributed by atoms with E-state index >= 15 is 0 Å². The number of amides is 2. The number of carbonyl (C=O) groups excluding carboxylic acids is 1. The molecule has 0 aliphatic heterocycles. The second kappa shape index (κ2) is 7.51. The van der Waals surface area contributed by atoms with Gasteiger partial charge in [0.1, 0.15) is 12.4 Å². The summed E-state index contributed by atoms with van der Waals surface area (Å²) in [5.41, 5.74) is 0.140. The molecule has 0 saturated heterocycles. The van der Waals surface area contributed by atoms with Gasteiger partial charge in [0, 0.05) is 27.1 Å². The minimum absolute atomic E-state index is 0.140. The van der Waals surface area contributed by atoms with Crippen molar-refractivity contribution in [3.05, 3.63) is 41.8 Å². The summed E-state index contributed by atoms with van der Waals surface area (Å²) in [7, 11) is 3.14. The maximum absolute atomic E-state index is 13.5. The third-order valence-corrected chi connectivity index (χ3v) is 2.91. The van der Waals surface area contributed by atoms with Crippen molar-refractivity contribution in [1.82, 2.24) is 15.0 Å². The summed E-state index contributed by atoms with van der Waals surface area (Å²) in [5, 5.41) is 6.28. The molecule has 0 saturated carbocycles. The zero-order valence-corrected chi connectivity index (χ0v) is 12.4. The van der Waals surface area contributed by atoms with E-state index in [9.17, 15) is 9.18 Å². The Bertz CT molecular complexity index is 632. The van der Waals surface area contributed by atoms with Crippen molar-refractivity contribution < 1.29 is 18.4 Å². The molecule has 1 heterocycles. The molecule has 2 aromatic rings. The first-order valence-corrected chi connectivity index (χ1v) is 6.67. The fourth-order valence-electron chi connectivity index (χ4n) is 1.72. The zero-order chi connectivity index (χ0) is 15.9. The highest BCUT2D eigenvalue weighted by Gasteiger charge is 2.13. The molecule has 0 unspecified atom stereocenters. The molecule has 118 valence electrons. The fourth-order valence-corrected chi connectivity index (χ4v) is 1.72. The van der Waals surface area contributed by atoms with E-state index in [0.29, 0.717) is 24.7 Å². The number of hydrogen-bond donors (Lipinski definition) is 1. The molecule has 22 heavy (non-hydrogen) atoms. The molecule has 0 aliphatic rings. The number of benzene rings is 1. The van der Waals surface area contributed by atoms with Crippen molar-refractivity contribution in [2.75, 3.05) is 26.0 Å². The number of hydrogen-bond acceptors (Lipinski definition) is 5. The quantitative estimate of drug-likeness (QED) is 0.883. The molecule has 1 aromatic carbocycles. The summed E-state index contributed by atoms with van der Waals surface area (Å²) < 4.78 is 23.3. The number of rotatable bonds is 6. The Morgan fingerprint density at radius 2 is 2.23 bits per heavy atom. The number of para-hydroxylation sites is 1. The maximum atomic E-state index is 13.5. The minimum Gasteiger partial charge on any atom is -0.375 e. The van der Waals surface area contributed by atoms with Gasteiger partial charge in [-0.05, 0) is 12.1 Å². The van der Waals surface area contributed by atoms with Crippen LogP contribution >= 0.6 is 0 Å². The number of halogens is 1. The molecular weight excluding hydrogens is 291 g/mol. The van der Waals surface area contributed by atoms with Crippen molar-refractivity contribution in [3.63, 3.8) is 0 Å². The van der Waals surface area contributed by atoms with Gasteiger partial charge in [-0.3, -0.25) is 0 Å². The van der Waals surface area contributed by atoms with Gasteiger partial charge in [0.15, 0.2) is 5.82 Å². The Balaban J connectivity index is 1.84. The lowest BCUT2D eigenvalue weighted by Crippen LogP contribution is -2.33. The van der Waals surface area contributed by atoms with E-state index in [0.717, 1.165) is 0 Å². The Morgan fingerprint density at radius 1 is 1.45 bits per heavy atom. The van der Waals surface area contributed by atoms with Crippen LogP contribution in [0.25, 0.3) is 0 Å². The van der Waals surface area contributed by atoms with Crippen LogP contribution in [0.15, 0.2) is 28.8 Å². The van der Waals surface area contributed by atoms with Gasteiger partial charge in [0.2, 0.25) is 0 Å². The van der Waals surface area contributed by atoms with Gasteiger partial charge in [-0.1, -0.05) is 17.3 Å². The Hall–Kier alpha value is -2.48. The normalized spacial score (nSPS) is 10.5. The fraction of sp³-hybridized carbons (Fsp3) is 0.357. The van der Waals surface area contributed by atoms with Gasteiger partial charge in [0.05, 0.1) is 5.69 Å². The Labute approximate surface area is 127 Å². The predicted molar refractivity (Wildman–Crippen MR) is 76.8 cm³/mol. The van der Waals surface area contributed by atoms with Crippen LogP contribution in [0.5, 0.6) is 0 Å². The van der Waals surface area contributed by atoms with E-state index in [2.05, 4.69) is 15.5 Å². The van der Waals surface area contributed by atoms with Crippen LogP contribution in [0.1, 0.15) is 11.7 Å². The van der Waals surface area contributed by atoms with Crippen molar-refractivity contribution in [1.29, 1.82) is 0 Å². The van der Waals surface area contributed by atoms with E-state index in [-0.39, 0.29) is 12.3 Å². The van der Waals surface area contributed by atoms with Gasteiger partial charge < -0.3 is 19.5 Å². The predicted octanol–water partition coefficient (Wildman–Crippen LogP) is 2.06. The molecule has 2 amide bonds. The van der Waals surface area contributed by atoms with E-state index in [1.165, 1.54) is 24.1 Å². The molecule has 0 fully saturated rings. The average Bonchev–Trinajstić information content (AvgIpc) is 2.95. The summed E-state index contributed by atoms with van der Waals surface area (Å²) >= 11 is 0.